The molecule has 1 aliphatic heterocycles. The average Bonchev–Trinajstić information content (AvgIpc) is 2.29. The van der Waals surface area contributed by atoms with Crippen molar-refractivity contribution >= 4 is 0 Å². The van der Waals surface area contributed by atoms with E-state index in [0.29, 0.717) is 13.1 Å². The number of alkyl halides is 3. The van der Waals surface area contributed by atoms with Crippen LogP contribution >= 0.6 is 0 Å². The monoisotopic (exact) mass is 184 g/mol. The minimum absolute atomic E-state index is 0.357. The Kier molecular flexibility index (Phi) is 2.92. The average molecular weight is 184 g/mol. The predicted octanol–water partition coefficient (Wildman–Crippen LogP) is -0.529. The van der Waals surface area contributed by atoms with Gasteiger partial charge >= 0.3 is 6.18 Å². The summed E-state index contributed by atoms with van der Waals surface area (Å²) in [5.41, 5.74) is 0. The van der Waals surface area contributed by atoms with Crippen molar-refractivity contribution in [3.63, 3.8) is 0 Å². The molecule has 0 aromatic rings. The zero-order valence-corrected chi connectivity index (χ0v) is 6.36. The molecule has 0 spiro atoms. The van der Waals surface area contributed by atoms with Gasteiger partial charge in [0.2, 0.25) is 0 Å². The van der Waals surface area contributed by atoms with Crippen LogP contribution in [0, 0.1) is 0 Å². The Morgan fingerprint density at radius 3 is 2.50 bits per heavy atom. The third kappa shape index (κ3) is 2.96. The largest absolute Gasteiger partial charge is 0.401 e. The van der Waals surface area contributed by atoms with Crippen LogP contribution in [0.3, 0.4) is 0 Å². The second-order valence-corrected chi connectivity index (χ2v) is 2.83. The first kappa shape index (κ1) is 9.76. The number of aliphatic hydroxyl groups is 1. The minimum atomic E-state index is -4.21. The lowest BCUT2D eigenvalue weighted by molar-refractivity contribution is -0.127. The summed E-state index contributed by atoms with van der Waals surface area (Å²) >= 11 is 0. The second kappa shape index (κ2) is 3.59. The summed E-state index contributed by atoms with van der Waals surface area (Å²) in [5.74, 6) is 0. The number of rotatable bonds is 2. The quantitative estimate of drug-likeness (QED) is 0.540. The van der Waals surface area contributed by atoms with Crippen LogP contribution < -0.4 is 10.6 Å². The fourth-order valence-electron chi connectivity index (χ4n) is 1.12. The first-order valence-electron chi connectivity index (χ1n) is 3.68. The lowest BCUT2D eigenvalue weighted by atomic mass is 10.2. The van der Waals surface area contributed by atoms with Crippen LogP contribution in [0.5, 0.6) is 0 Å². The molecule has 1 fully saturated rings. The summed E-state index contributed by atoms with van der Waals surface area (Å²) in [6, 6.07) is -0.480. The van der Waals surface area contributed by atoms with E-state index in [4.69, 9.17) is 5.11 Å². The number of nitrogens with one attached hydrogen (secondary N) is 2. The molecule has 0 unspecified atom stereocenters. The van der Waals surface area contributed by atoms with Gasteiger partial charge in [0.15, 0.2) is 0 Å². The molecule has 0 saturated carbocycles. The highest BCUT2D eigenvalue weighted by molar-refractivity contribution is 4.86. The van der Waals surface area contributed by atoms with Gasteiger partial charge in [-0.05, 0) is 0 Å². The standard InChI is InChI=1S/C6H11F3N2O/c7-6(8,9)3-11-4-1-10-2-5(4)12/h4-5,10-12H,1-3H2/t4-,5-/m1/s1. The molecular formula is C6H11F3N2O. The van der Waals surface area contributed by atoms with Crippen molar-refractivity contribution in [3.05, 3.63) is 0 Å². The van der Waals surface area contributed by atoms with E-state index in [0.717, 1.165) is 0 Å². The molecule has 1 aliphatic rings. The van der Waals surface area contributed by atoms with Gasteiger partial charge in [0.05, 0.1) is 12.6 Å². The number of β-amino-alcohol motifs (C(OH)–C–C–N with tert-alkyl or cyclic N) is 1. The number of aliphatic hydroxyl groups excluding tert-OH is 1. The van der Waals surface area contributed by atoms with E-state index in [-0.39, 0.29) is 0 Å². The molecule has 0 radical (unpaired) electrons. The SMILES string of the molecule is O[C@@H]1CNC[C@H]1NCC(F)(F)F. The second-order valence-electron chi connectivity index (χ2n) is 2.83. The Morgan fingerprint density at radius 2 is 2.08 bits per heavy atom. The Morgan fingerprint density at radius 1 is 1.42 bits per heavy atom. The van der Waals surface area contributed by atoms with Crippen molar-refractivity contribution in [2.45, 2.75) is 18.3 Å². The van der Waals surface area contributed by atoms with E-state index in [1.165, 1.54) is 0 Å². The van der Waals surface area contributed by atoms with Crippen molar-refractivity contribution in [1.82, 2.24) is 10.6 Å². The molecule has 3 nitrogen and oxygen atoms in total. The molecular weight excluding hydrogens is 173 g/mol. The molecule has 12 heavy (non-hydrogen) atoms. The van der Waals surface area contributed by atoms with Gasteiger partial charge < -0.3 is 15.7 Å². The van der Waals surface area contributed by atoms with Gasteiger partial charge in [-0.15, -0.1) is 0 Å². The van der Waals surface area contributed by atoms with Crippen molar-refractivity contribution < 1.29 is 18.3 Å². The third-order valence-corrected chi connectivity index (χ3v) is 1.75. The summed E-state index contributed by atoms with van der Waals surface area (Å²) in [4.78, 5) is 0. The van der Waals surface area contributed by atoms with E-state index in [1.54, 1.807) is 0 Å². The maximum Gasteiger partial charge on any atom is 0.401 e. The van der Waals surface area contributed by atoms with Gasteiger partial charge in [0, 0.05) is 19.1 Å². The Bertz CT molecular complexity index is 150. The van der Waals surface area contributed by atoms with Crippen LogP contribution in [0.25, 0.3) is 0 Å². The highest BCUT2D eigenvalue weighted by Gasteiger charge is 2.31. The van der Waals surface area contributed by atoms with Crippen LogP contribution in [-0.4, -0.2) is 43.1 Å². The molecule has 2 atom stereocenters. The summed E-state index contributed by atoms with van der Waals surface area (Å²) in [5, 5.41) is 14.1. The van der Waals surface area contributed by atoms with E-state index in [9.17, 15) is 13.2 Å². The predicted molar refractivity (Wildman–Crippen MR) is 36.7 cm³/mol. The van der Waals surface area contributed by atoms with Crippen LogP contribution in [0.4, 0.5) is 13.2 Å². The maximum atomic E-state index is 11.7. The van der Waals surface area contributed by atoms with Gasteiger partial charge in [-0.25, -0.2) is 0 Å². The van der Waals surface area contributed by atoms with E-state index < -0.39 is 24.9 Å². The molecule has 1 rings (SSSR count). The zero-order chi connectivity index (χ0) is 9.19. The Labute approximate surface area is 67.9 Å². The van der Waals surface area contributed by atoms with Gasteiger partial charge in [-0.3, -0.25) is 0 Å². The molecule has 1 heterocycles. The van der Waals surface area contributed by atoms with Gasteiger partial charge in [0.1, 0.15) is 0 Å². The lowest BCUT2D eigenvalue weighted by Gasteiger charge is -2.16. The fraction of sp³-hybridized carbons (Fsp3) is 1.00. The molecule has 0 bridgehead atoms. The highest BCUT2D eigenvalue weighted by Crippen LogP contribution is 2.13. The molecule has 1 saturated heterocycles. The zero-order valence-electron chi connectivity index (χ0n) is 6.36. The van der Waals surface area contributed by atoms with Crippen molar-refractivity contribution in [1.29, 1.82) is 0 Å². The van der Waals surface area contributed by atoms with Crippen LogP contribution in [-0.2, 0) is 0 Å². The molecule has 0 aromatic heterocycles. The first-order chi connectivity index (χ1) is 5.49. The van der Waals surface area contributed by atoms with E-state index >= 15 is 0 Å². The number of hydrogen-bond acceptors (Lipinski definition) is 3. The van der Waals surface area contributed by atoms with Crippen LogP contribution in [0.2, 0.25) is 0 Å². The molecule has 6 heteroatoms. The van der Waals surface area contributed by atoms with Gasteiger partial charge in [-0.1, -0.05) is 0 Å². The summed E-state index contributed by atoms with van der Waals surface area (Å²) in [7, 11) is 0. The third-order valence-electron chi connectivity index (χ3n) is 1.75. The lowest BCUT2D eigenvalue weighted by Crippen LogP contribution is -2.43. The molecule has 0 aromatic carbocycles. The maximum absolute atomic E-state index is 11.7. The van der Waals surface area contributed by atoms with Crippen molar-refractivity contribution in [2.75, 3.05) is 19.6 Å². The summed E-state index contributed by atoms with van der Waals surface area (Å²) in [6.45, 7) is -0.302. The Hall–Kier alpha value is -0.330. The first-order valence-corrected chi connectivity index (χ1v) is 3.68. The van der Waals surface area contributed by atoms with Crippen molar-refractivity contribution in [2.24, 2.45) is 0 Å². The van der Waals surface area contributed by atoms with Gasteiger partial charge in [-0.2, -0.15) is 13.2 Å². The Balaban J connectivity index is 2.23. The van der Waals surface area contributed by atoms with Crippen LogP contribution in [0.1, 0.15) is 0 Å². The minimum Gasteiger partial charge on any atom is -0.390 e. The van der Waals surface area contributed by atoms with Crippen LogP contribution in [0.15, 0.2) is 0 Å². The molecule has 0 amide bonds. The normalized spacial score (nSPS) is 31.0. The number of hydrogen-bond donors (Lipinski definition) is 3. The molecule has 0 aliphatic carbocycles. The smallest absolute Gasteiger partial charge is 0.390 e. The molecule has 72 valence electrons. The number of halogens is 3. The topological polar surface area (TPSA) is 44.3 Å². The molecule has 3 N–H and O–H groups in total. The highest BCUT2D eigenvalue weighted by atomic mass is 19.4. The van der Waals surface area contributed by atoms with E-state index in [1.807, 2.05) is 0 Å². The fourth-order valence-corrected chi connectivity index (χ4v) is 1.12. The summed E-state index contributed by atoms with van der Waals surface area (Å²) < 4.78 is 35.0. The van der Waals surface area contributed by atoms with E-state index in [2.05, 4.69) is 10.6 Å². The summed E-state index contributed by atoms with van der Waals surface area (Å²) in [6.07, 6.45) is -4.92. The van der Waals surface area contributed by atoms with Crippen molar-refractivity contribution in [3.8, 4) is 0 Å². The van der Waals surface area contributed by atoms with Gasteiger partial charge in [0.25, 0.3) is 0 Å².